The molecule has 126 valence electrons. The average molecular weight is 324 g/mol. The Morgan fingerprint density at radius 3 is 2.62 bits per heavy atom. The van der Waals surface area contributed by atoms with Gasteiger partial charge in [-0.3, -0.25) is 9.69 Å². The van der Waals surface area contributed by atoms with Gasteiger partial charge in [0.25, 0.3) is 0 Å². The molecule has 4 heteroatoms. The lowest BCUT2D eigenvalue weighted by Gasteiger charge is -2.32. The van der Waals surface area contributed by atoms with Crippen LogP contribution in [0.25, 0.3) is 0 Å². The van der Waals surface area contributed by atoms with Crippen molar-refractivity contribution >= 4 is 11.6 Å². The molecule has 4 nitrogen and oxygen atoms in total. The predicted octanol–water partition coefficient (Wildman–Crippen LogP) is 3.55. The Morgan fingerprint density at radius 2 is 1.92 bits per heavy atom. The molecule has 1 aliphatic rings. The van der Waals surface area contributed by atoms with Gasteiger partial charge in [-0.15, -0.1) is 0 Å². The van der Waals surface area contributed by atoms with E-state index in [-0.39, 0.29) is 11.8 Å². The third-order valence-electron chi connectivity index (χ3n) is 4.48. The lowest BCUT2D eigenvalue weighted by atomic mass is 9.96. The maximum absolute atomic E-state index is 12.6. The maximum atomic E-state index is 12.6. The van der Waals surface area contributed by atoms with Gasteiger partial charge in [0.1, 0.15) is 5.75 Å². The van der Waals surface area contributed by atoms with E-state index in [9.17, 15) is 4.79 Å². The fourth-order valence-corrected chi connectivity index (χ4v) is 3.17. The van der Waals surface area contributed by atoms with Gasteiger partial charge in [0, 0.05) is 18.8 Å². The number of nitrogens with zero attached hydrogens (tertiary/aromatic N) is 1. The Hall–Kier alpha value is -2.33. The van der Waals surface area contributed by atoms with Gasteiger partial charge < -0.3 is 10.1 Å². The highest BCUT2D eigenvalue weighted by molar-refractivity contribution is 5.92. The van der Waals surface area contributed by atoms with Crippen molar-refractivity contribution < 1.29 is 9.53 Å². The van der Waals surface area contributed by atoms with Crippen LogP contribution in [0.4, 0.5) is 5.69 Å². The molecule has 3 rings (SSSR count). The number of amides is 1. The Balaban J connectivity index is 1.56. The fraction of sp³-hybridized carbons (Fsp3) is 0.350. The Bertz CT molecular complexity index is 655. The number of likely N-dealkylation sites (tertiary alicyclic amines) is 1. The summed E-state index contributed by atoms with van der Waals surface area (Å²) in [5.41, 5.74) is 2.12. The highest BCUT2D eigenvalue weighted by Gasteiger charge is 2.25. The van der Waals surface area contributed by atoms with Gasteiger partial charge in [-0.1, -0.05) is 30.3 Å². The summed E-state index contributed by atoms with van der Waals surface area (Å²) in [7, 11) is 1.64. The van der Waals surface area contributed by atoms with Gasteiger partial charge >= 0.3 is 0 Å². The van der Waals surface area contributed by atoms with Gasteiger partial charge in [0.2, 0.25) is 5.91 Å². The lowest BCUT2D eigenvalue weighted by molar-refractivity contribution is -0.121. The molecule has 1 fully saturated rings. The van der Waals surface area contributed by atoms with Crippen LogP contribution in [-0.2, 0) is 11.3 Å². The van der Waals surface area contributed by atoms with Crippen molar-refractivity contribution in [2.45, 2.75) is 19.4 Å². The van der Waals surface area contributed by atoms with Crippen molar-refractivity contribution in [3.8, 4) is 5.75 Å². The van der Waals surface area contributed by atoms with E-state index in [1.165, 1.54) is 5.56 Å². The third kappa shape index (κ3) is 4.36. The maximum Gasteiger partial charge on any atom is 0.228 e. The van der Waals surface area contributed by atoms with Crippen molar-refractivity contribution in [3.63, 3.8) is 0 Å². The van der Waals surface area contributed by atoms with Crippen molar-refractivity contribution in [3.05, 3.63) is 60.2 Å². The van der Waals surface area contributed by atoms with Crippen LogP contribution in [0.3, 0.4) is 0 Å². The van der Waals surface area contributed by atoms with Gasteiger partial charge in [-0.2, -0.15) is 0 Å². The molecule has 0 aromatic heterocycles. The molecule has 0 saturated carbocycles. The van der Waals surface area contributed by atoms with Crippen LogP contribution in [0.15, 0.2) is 54.6 Å². The molecular formula is C20H24N2O2. The average Bonchev–Trinajstić information content (AvgIpc) is 2.63. The van der Waals surface area contributed by atoms with Crippen molar-refractivity contribution in [1.29, 1.82) is 0 Å². The Kier molecular flexibility index (Phi) is 5.49. The summed E-state index contributed by atoms with van der Waals surface area (Å²) >= 11 is 0. The van der Waals surface area contributed by atoms with Gasteiger partial charge in [-0.05, 0) is 49.2 Å². The van der Waals surface area contributed by atoms with E-state index >= 15 is 0 Å². The van der Waals surface area contributed by atoms with E-state index in [0.29, 0.717) is 0 Å². The number of rotatable bonds is 5. The Labute approximate surface area is 143 Å². The first-order valence-electron chi connectivity index (χ1n) is 8.46. The monoisotopic (exact) mass is 324 g/mol. The Morgan fingerprint density at radius 1 is 1.17 bits per heavy atom. The van der Waals surface area contributed by atoms with Crippen LogP contribution in [0.1, 0.15) is 18.4 Å². The number of carbonyl (C=O) groups is 1. The van der Waals surface area contributed by atoms with Crippen molar-refractivity contribution in [2.24, 2.45) is 5.92 Å². The van der Waals surface area contributed by atoms with Gasteiger partial charge in [0.15, 0.2) is 0 Å². The fourth-order valence-electron chi connectivity index (χ4n) is 3.17. The first kappa shape index (κ1) is 16.5. The first-order valence-corrected chi connectivity index (χ1v) is 8.46. The molecule has 2 aromatic rings. The van der Waals surface area contributed by atoms with Crippen LogP contribution in [0.2, 0.25) is 0 Å². The van der Waals surface area contributed by atoms with Crippen LogP contribution < -0.4 is 10.1 Å². The number of ether oxygens (including phenoxy) is 1. The number of nitrogens with one attached hydrogen (secondary N) is 1. The number of benzene rings is 2. The van der Waals surface area contributed by atoms with Crippen LogP contribution >= 0.6 is 0 Å². The SMILES string of the molecule is COc1ccc(NC(=O)C2CCCN(Cc3ccccc3)C2)cc1. The highest BCUT2D eigenvalue weighted by Crippen LogP contribution is 2.21. The lowest BCUT2D eigenvalue weighted by Crippen LogP contribution is -2.40. The van der Waals surface area contributed by atoms with Crippen LogP contribution in [0.5, 0.6) is 5.75 Å². The molecule has 1 unspecified atom stereocenters. The second-order valence-electron chi connectivity index (χ2n) is 6.28. The molecule has 1 heterocycles. The largest absolute Gasteiger partial charge is 0.497 e. The van der Waals surface area contributed by atoms with Gasteiger partial charge in [0.05, 0.1) is 13.0 Å². The minimum Gasteiger partial charge on any atom is -0.497 e. The number of carbonyl (C=O) groups excluding carboxylic acids is 1. The van der Waals surface area contributed by atoms with Crippen LogP contribution in [0, 0.1) is 5.92 Å². The zero-order valence-electron chi connectivity index (χ0n) is 14.1. The second kappa shape index (κ2) is 7.97. The van der Waals surface area contributed by atoms with Gasteiger partial charge in [-0.25, -0.2) is 0 Å². The number of anilines is 1. The van der Waals surface area contributed by atoms with E-state index < -0.39 is 0 Å². The van der Waals surface area contributed by atoms with E-state index in [4.69, 9.17) is 4.74 Å². The summed E-state index contributed by atoms with van der Waals surface area (Å²) in [6.45, 7) is 2.78. The summed E-state index contributed by atoms with van der Waals surface area (Å²) < 4.78 is 5.14. The minimum atomic E-state index is 0.0459. The third-order valence-corrected chi connectivity index (χ3v) is 4.48. The van der Waals surface area contributed by atoms with Crippen molar-refractivity contribution in [2.75, 3.05) is 25.5 Å². The van der Waals surface area contributed by atoms with E-state index in [1.807, 2.05) is 30.3 Å². The van der Waals surface area contributed by atoms with E-state index in [1.54, 1.807) is 7.11 Å². The molecule has 0 aliphatic carbocycles. The molecule has 0 radical (unpaired) electrons. The van der Waals surface area contributed by atoms with Crippen LogP contribution in [-0.4, -0.2) is 31.0 Å². The first-order chi connectivity index (χ1) is 11.7. The molecule has 1 N–H and O–H groups in total. The smallest absolute Gasteiger partial charge is 0.228 e. The molecule has 1 aliphatic heterocycles. The molecule has 1 saturated heterocycles. The molecule has 1 atom stereocenters. The summed E-state index contributed by atoms with van der Waals surface area (Å²) in [5, 5.41) is 3.03. The normalized spacial score (nSPS) is 18.1. The quantitative estimate of drug-likeness (QED) is 0.914. The molecule has 0 bridgehead atoms. The number of methoxy groups -OCH3 is 1. The highest BCUT2D eigenvalue weighted by atomic mass is 16.5. The zero-order chi connectivity index (χ0) is 16.8. The summed E-state index contributed by atoms with van der Waals surface area (Å²) in [5.74, 6) is 0.946. The molecule has 2 aromatic carbocycles. The predicted molar refractivity (Wildman–Crippen MR) is 96.1 cm³/mol. The van der Waals surface area contributed by atoms with E-state index in [0.717, 1.165) is 43.9 Å². The van der Waals surface area contributed by atoms with Crippen molar-refractivity contribution in [1.82, 2.24) is 4.90 Å². The summed E-state index contributed by atoms with van der Waals surface area (Å²) in [6.07, 6.45) is 2.01. The second-order valence-corrected chi connectivity index (χ2v) is 6.28. The zero-order valence-corrected chi connectivity index (χ0v) is 14.1. The molecule has 1 amide bonds. The molecular weight excluding hydrogens is 300 g/mol. The number of hydrogen-bond acceptors (Lipinski definition) is 3. The summed E-state index contributed by atoms with van der Waals surface area (Å²) in [4.78, 5) is 14.9. The topological polar surface area (TPSA) is 41.6 Å². The molecule has 0 spiro atoms. The number of piperidine rings is 1. The summed E-state index contributed by atoms with van der Waals surface area (Å²) in [6, 6.07) is 17.9. The van der Waals surface area contributed by atoms with E-state index in [2.05, 4.69) is 34.5 Å². The standard InChI is InChI=1S/C20H24N2O2/c1-24-19-11-9-18(10-12-19)21-20(23)17-8-5-13-22(15-17)14-16-6-3-2-4-7-16/h2-4,6-7,9-12,17H,5,8,13-15H2,1H3,(H,21,23). The minimum absolute atomic E-state index is 0.0459. The molecule has 24 heavy (non-hydrogen) atoms. The number of hydrogen-bond donors (Lipinski definition) is 1.